The topological polar surface area (TPSA) is 54.4 Å². The van der Waals surface area contributed by atoms with Crippen LogP contribution in [0.15, 0.2) is 35.7 Å². The fraction of sp³-hybridized carbons (Fsp3) is 0. The van der Waals surface area contributed by atoms with E-state index >= 15 is 0 Å². The molecule has 0 aromatic heterocycles. The average Bonchev–Trinajstić information content (AvgIpc) is 2.03. The van der Waals surface area contributed by atoms with Crippen molar-refractivity contribution in [3.8, 4) is 0 Å². The molecule has 0 aliphatic carbocycles. The van der Waals surface area contributed by atoms with E-state index in [2.05, 4.69) is 6.58 Å². The second-order valence-electron chi connectivity index (χ2n) is 2.22. The molecule has 0 atom stereocenters. The van der Waals surface area contributed by atoms with Crippen LogP contribution in [0.3, 0.4) is 0 Å². The van der Waals surface area contributed by atoms with Crippen molar-refractivity contribution in [3.05, 3.63) is 36.4 Å². The summed E-state index contributed by atoms with van der Waals surface area (Å²) in [7, 11) is -4.12. The van der Waals surface area contributed by atoms with Crippen LogP contribution < -0.4 is 0 Å². The molecule has 1 rings (SSSR count). The Balaban J connectivity index is 0.00000144. The Kier molecular flexibility index (Phi) is 5.54. The average molecular weight is 324 g/mol. The SMILES string of the molecule is C=Cc1ccccc1S(=O)(=O)O.[BaH2]. The summed E-state index contributed by atoms with van der Waals surface area (Å²) in [6, 6.07) is 6.10. The molecule has 0 unspecified atom stereocenters. The van der Waals surface area contributed by atoms with Gasteiger partial charge in [-0.2, -0.15) is 8.42 Å². The van der Waals surface area contributed by atoms with Gasteiger partial charge in [-0.1, -0.05) is 30.9 Å². The van der Waals surface area contributed by atoms with Crippen LogP contribution in [0.25, 0.3) is 6.08 Å². The van der Waals surface area contributed by atoms with E-state index in [0.717, 1.165) is 0 Å². The second kappa shape index (κ2) is 5.35. The van der Waals surface area contributed by atoms with Gasteiger partial charge in [0.05, 0.1) is 0 Å². The van der Waals surface area contributed by atoms with E-state index in [0.29, 0.717) is 5.56 Å². The number of hydrogen-bond acceptors (Lipinski definition) is 2. The van der Waals surface area contributed by atoms with Crippen LogP contribution in [0, 0.1) is 0 Å². The van der Waals surface area contributed by atoms with Crippen LogP contribution in [-0.4, -0.2) is 61.9 Å². The molecule has 0 aliphatic rings. The Bertz CT molecular complexity index is 398. The van der Waals surface area contributed by atoms with Crippen molar-refractivity contribution in [1.82, 2.24) is 0 Å². The molecule has 0 saturated heterocycles. The molecule has 0 aliphatic heterocycles. The van der Waals surface area contributed by atoms with E-state index in [-0.39, 0.29) is 53.8 Å². The summed E-state index contributed by atoms with van der Waals surface area (Å²) in [5, 5.41) is 0. The Morgan fingerprint density at radius 1 is 1.31 bits per heavy atom. The van der Waals surface area contributed by atoms with Gasteiger partial charge in [-0.3, -0.25) is 4.55 Å². The van der Waals surface area contributed by atoms with E-state index in [9.17, 15) is 8.42 Å². The first-order chi connectivity index (χ1) is 5.55. The Morgan fingerprint density at radius 3 is 2.23 bits per heavy atom. The van der Waals surface area contributed by atoms with Gasteiger partial charge in [-0.25, -0.2) is 0 Å². The van der Waals surface area contributed by atoms with Crippen LogP contribution in [0.2, 0.25) is 0 Å². The maximum absolute atomic E-state index is 10.7. The van der Waals surface area contributed by atoms with Gasteiger partial charge in [0, 0.05) is 0 Å². The first-order valence-corrected chi connectivity index (χ1v) is 4.68. The summed E-state index contributed by atoms with van der Waals surface area (Å²) in [6.45, 7) is 3.43. The summed E-state index contributed by atoms with van der Waals surface area (Å²) in [6.07, 6.45) is 1.38. The Labute approximate surface area is 118 Å². The molecule has 3 nitrogen and oxygen atoms in total. The number of benzene rings is 1. The summed E-state index contributed by atoms with van der Waals surface area (Å²) in [5.41, 5.74) is 0.403. The number of hydrogen-bond donors (Lipinski definition) is 1. The zero-order valence-corrected chi connectivity index (χ0v) is 7.08. The van der Waals surface area contributed by atoms with E-state index in [4.69, 9.17) is 4.55 Å². The molecule has 0 spiro atoms. The second-order valence-corrected chi connectivity index (χ2v) is 3.61. The predicted molar refractivity (Wildman–Crippen MR) is 54.9 cm³/mol. The molecule has 13 heavy (non-hydrogen) atoms. The van der Waals surface area contributed by atoms with E-state index < -0.39 is 10.1 Å². The zero-order chi connectivity index (χ0) is 9.19. The quantitative estimate of drug-likeness (QED) is 0.643. The van der Waals surface area contributed by atoms with Crippen LogP contribution in [-0.2, 0) is 10.1 Å². The molecule has 68 valence electrons. The molecular formula is C8H10BaO3S. The normalized spacial score (nSPS) is 10.2. The van der Waals surface area contributed by atoms with Crippen LogP contribution in [0.1, 0.15) is 5.56 Å². The third-order valence-electron chi connectivity index (χ3n) is 1.42. The van der Waals surface area contributed by atoms with Crippen LogP contribution in [0.5, 0.6) is 0 Å². The fourth-order valence-electron chi connectivity index (χ4n) is 0.884. The van der Waals surface area contributed by atoms with Gasteiger partial charge in [0.15, 0.2) is 0 Å². The van der Waals surface area contributed by atoms with Gasteiger partial charge in [-0.15, -0.1) is 0 Å². The van der Waals surface area contributed by atoms with Crippen LogP contribution in [0.4, 0.5) is 0 Å². The molecule has 0 heterocycles. The molecule has 5 heteroatoms. The minimum atomic E-state index is -4.12. The van der Waals surface area contributed by atoms with Crippen molar-refractivity contribution in [1.29, 1.82) is 0 Å². The molecule has 0 bridgehead atoms. The molecule has 1 N–H and O–H groups in total. The van der Waals surface area contributed by atoms with Gasteiger partial charge < -0.3 is 0 Å². The molecule has 0 amide bonds. The Morgan fingerprint density at radius 2 is 1.85 bits per heavy atom. The van der Waals surface area contributed by atoms with E-state index in [1.165, 1.54) is 18.2 Å². The van der Waals surface area contributed by atoms with Gasteiger partial charge in [-0.05, 0) is 11.6 Å². The fourth-order valence-corrected chi connectivity index (χ4v) is 1.58. The third kappa shape index (κ3) is 3.59. The van der Waals surface area contributed by atoms with Gasteiger partial charge in [0.1, 0.15) is 4.90 Å². The van der Waals surface area contributed by atoms with Crippen molar-refractivity contribution in [2.75, 3.05) is 0 Å². The first-order valence-electron chi connectivity index (χ1n) is 3.24. The van der Waals surface area contributed by atoms with Crippen molar-refractivity contribution < 1.29 is 13.0 Å². The summed E-state index contributed by atoms with van der Waals surface area (Å²) < 4.78 is 30.2. The monoisotopic (exact) mass is 324 g/mol. The molecular weight excluding hydrogens is 313 g/mol. The zero-order valence-electron chi connectivity index (χ0n) is 6.27. The molecule has 0 radical (unpaired) electrons. The van der Waals surface area contributed by atoms with Gasteiger partial charge in [0.2, 0.25) is 0 Å². The molecule has 1 aromatic rings. The summed E-state index contributed by atoms with van der Waals surface area (Å²) >= 11 is 0. The predicted octanol–water partition coefficient (Wildman–Crippen LogP) is 0.660. The maximum atomic E-state index is 10.7. The first kappa shape index (κ1) is 13.4. The Hall–Kier alpha value is 0.441. The van der Waals surface area contributed by atoms with Gasteiger partial charge >= 0.3 is 48.9 Å². The van der Waals surface area contributed by atoms with Gasteiger partial charge in [0.25, 0.3) is 10.1 Å². The van der Waals surface area contributed by atoms with Crippen molar-refractivity contribution >= 4 is 65.1 Å². The van der Waals surface area contributed by atoms with Crippen molar-refractivity contribution in [3.63, 3.8) is 0 Å². The molecule has 0 fully saturated rings. The molecule has 1 aromatic carbocycles. The summed E-state index contributed by atoms with van der Waals surface area (Å²) in [4.78, 5) is -0.111. The number of rotatable bonds is 2. The summed E-state index contributed by atoms with van der Waals surface area (Å²) in [5.74, 6) is 0. The van der Waals surface area contributed by atoms with Crippen LogP contribution >= 0.6 is 0 Å². The van der Waals surface area contributed by atoms with Crippen molar-refractivity contribution in [2.24, 2.45) is 0 Å². The minimum absolute atomic E-state index is 0. The third-order valence-corrected chi connectivity index (χ3v) is 2.34. The van der Waals surface area contributed by atoms with E-state index in [1.54, 1.807) is 12.1 Å². The standard InChI is InChI=1S/C8H8O3S.Ba.2H/c1-2-7-5-3-4-6-8(7)12(9,10)11;;;/h2-6H,1H2,(H,9,10,11);;;. The van der Waals surface area contributed by atoms with Crippen molar-refractivity contribution in [2.45, 2.75) is 4.90 Å². The van der Waals surface area contributed by atoms with E-state index in [1.807, 2.05) is 0 Å². The molecule has 0 saturated carbocycles.